The third kappa shape index (κ3) is 4.89. The standard InChI is InChI=1S/C8H17NS/c1-4-7(2)5-6-8(10)9-3/h4,7-10H,1,5-6H2,2-3H3. The van der Waals surface area contributed by atoms with Crippen LogP contribution < -0.4 is 5.32 Å². The Kier molecular flexibility index (Phi) is 5.84. The van der Waals surface area contributed by atoms with Gasteiger partial charge in [-0.2, -0.15) is 12.6 Å². The van der Waals surface area contributed by atoms with E-state index in [0.29, 0.717) is 11.3 Å². The minimum atomic E-state index is 0.336. The first-order valence-electron chi connectivity index (χ1n) is 3.68. The lowest BCUT2D eigenvalue weighted by Crippen LogP contribution is -2.18. The summed E-state index contributed by atoms with van der Waals surface area (Å²) in [6, 6.07) is 0. The van der Waals surface area contributed by atoms with Crippen molar-refractivity contribution in [3.8, 4) is 0 Å². The zero-order valence-corrected chi connectivity index (χ0v) is 7.70. The van der Waals surface area contributed by atoms with Crippen molar-refractivity contribution in [1.29, 1.82) is 0 Å². The van der Waals surface area contributed by atoms with Crippen molar-refractivity contribution in [3.05, 3.63) is 12.7 Å². The smallest absolute Gasteiger partial charge is 0.0500 e. The van der Waals surface area contributed by atoms with E-state index in [1.54, 1.807) is 0 Å². The maximum Gasteiger partial charge on any atom is 0.0500 e. The lowest BCUT2D eigenvalue weighted by Gasteiger charge is -2.10. The largest absolute Gasteiger partial charge is 0.309 e. The van der Waals surface area contributed by atoms with Crippen LogP contribution in [0.25, 0.3) is 0 Å². The molecule has 0 saturated carbocycles. The van der Waals surface area contributed by atoms with E-state index < -0.39 is 0 Å². The molecule has 0 aromatic carbocycles. The molecule has 1 nitrogen and oxygen atoms in total. The molecule has 0 aliphatic rings. The molecule has 0 fully saturated rings. The minimum Gasteiger partial charge on any atom is -0.309 e. The quantitative estimate of drug-likeness (QED) is 0.355. The Morgan fingerprint density at radius 2 is 2.20 bits per heavy atom. The first kappa shape index (κ1) is 10.0. The number of allylic oxidation sites excluding steroid dienone is 1. The summed E-state index contributed by atoms with van der Waals surface area (Å²) in [7, 11) is 1.93. The third-order valence-electron chi connectivity index (χ3n) is 1.63. The average Bonchev–Trinajstić information content (AvgIpc) is 1.99. The highest BCUT2D eigenvalue weighted by atomic mass is 32.1. The van der Waals surface area contributed by atoms with Gasteiger partial charge in [-0.05, 0) is 25.8 Å². The highest BCUT2D eigenvalue weighted by Gasteiger charge is 2.00. The van der Waals surface area contributed by atoms with Crippen LogP contribution in [0.5, 0.6) is 0 Å². The summed E-state index contributed by atoms with van der Waals surface area (Å²) in [5.41, 5.74) is 0. The van der Waals surface area contributed by atoms with Crippen molar-refractivity contribution in [2.75, 3.05) is 7.05 Å². The monoisotopic (exact) mass is 159 g/mol. The van der Waals surface area contributed by atoms with Gasteiger partial charge in [0.1, 0.15) is 0 Å². The van der Waals surface area contributed by atoms with Crippen LogP contribution in [-0.4, -0.2) is 12.4 Å². The molecule has 10 heavy (non-hydrogen) atoms. The van der Waals surface area contributed by atoms with Crippen LogP contribution in [0.3, 0.4) is 0 Å². The van der Waals surface area contributed by atoms with E-state index in [1.807, 2.05) is 13.1 Å². The van der Waals surface area contributed by atoms with Gasteiger partial charge in [-0.3, -0.25) is 0 Å². The zero-order chi connectivity index (χ0) is 7.98. The molecule has 0 spiro atoms. The van der Waals surface area contributed by atoms with Gasteiger partial charge in [-0.1, -0.05) is 13.0 Å². The van der Waals surface area contributed by atoms with Crippen molar-refractivity contribution in [2.24, 2.45) is 5.92 Å². The lowest BCUT2D eigenvalue weighted by molar-refractivity contribution is 0.565. The van der Waals surface area contributed by atoms with Gasteiger partial charge in [0, 0.05) is 5.37 Å². The van der Waals surface area contributed by atoms with Crippen LogP contribution >= 0.6 is 12.6 Å². The van der Waals surface area contributed by atoms with E-state index in [2.05, 4.69) is 31.4 Å². The van der Waals surface area contributed by atoms with Gasteiger partial charge in [0.2, 0.25) is 0 Å². The predicted octanol–water partition coefficient (Wildman–Crippen LogP) is 2.06. The molecule has 0 rings (SSSR count). The van der Waals surface area contributed by atoms with E-state index >= 15 is 0 Å². The molecular weight excluding hydrogens is 142 g/mol. The first-order valence-corrected chi connectivity index (χ1v) is 4.20. The molecule has 60 valence electrons. The van der Waals surface area contributed by atoms with Gasteiger partial charge in [-0.15, -0.1) is 6.58 Å². The molecule has 2 unspecified atom stereocenters. The molecule has 0 aliphatic heterocycles. The second-order valence-electron chi connectivity index (χ2n) is 2.59. The minimum absolute atomic E-state index is 0.336. The Hall–Kier alpha value is 0.0500. The van der Waals surface area contributed by atoms with Crippen LogP contribution in [0.2, 0.25) is 0 Å². The highest BCUT2D eigenvalue weighted by Crippen LogP contribution is 2.09. The molecule has 0 aromatic rings. The maximum atomic E-state index is 4.30. The molecule has 0 saturated heterocycles. The summed E-state index contributed by atoms with van der Waals surface area (Å²) < 4.78 is 0. The van der Waals surface area contributed by atoms with E-state index in [9.17, 15) is 0 Å². The maximum absolute atomic E-state index is 4.30. The van der Waals surface area contributed by atoms with Crippen LogP contribution in [-0.2, 0) is 0 Å². The topological polar surface area (TPSA) is 12.0 Å². The van der Waals surface area contributed by atoms with Gasteiger partial charge >= 0.3 is 0 Å². The van der Waals surface area contributed by atoms with Gasteiger partial charge in [0.25, 0.3) is 0 Å². The fraction of sp³-hybridized carbons (Fsp3) is 0.750. The number of nitrogens with one attached hydrogen (secondary N) is 1. The molecule has 1 N–H and O–H groups in total. The number of thiol groups is 1. The molecule has 0 radical (unpaired) electrons. The van der Waals surface area contributed by atoms with E-state index in [0.717, 1.165) is 6.42 Å². The first-order chi connectivity index (χ1) is 4.70. The SMILES string of the molecule is C=CC(C)CCC(S)NC. The van der Waals surface area contributed by atoms with Crippen LogP contribution in [0.1, 0.15) is 19.8 Å². The molecule has 2 heteroatoms. The van der Waals surface area contributed by atoms with Crippen molar-refractivity contribution >= 4 is 12.6 Å². The lowest BCUT2D eigenvalue weighted by atomic mass is 10.1. The fourth-order valence-electron chi connectivity index (χ4n) is 0.683. The predicted molar refractivity (Wildman–Crippen MR) is 50.4 cm³/mol. The summed E-state index contributed by atoms with van der Waals surface area (Å²) in [5, 5.41) is 3.41. The number of rotatable bonds is 5. The van der Waals surface area contributed by atoms with Gasteiger partial charge in [0.15, 0.2) is 0 Å². The molecular formula is C8H17NS. The summed E-state index contributed by atoms with van der Waals surface area (Å²) in [5.74, 6) is 0.614. The van der Waals surface area contributed by atoms with E-state index in [4.69, 9.17) is 0 Å². The van der Waals surface area contributed by atoms with E-state index in [-0.39, 0.29) is 0 Å². The van der Waals surface area contributed by atoms with Crippen molar-refractivity contribution in [1.82, 2.24) is 5.32 Å². The molecule has 0 aliphatic carbocycles. The van der Waals surface area contributed by atoms with Crippen LogP contribution in [0, 0.1) is 5.92 Å². The third-order valence-corrected chi connectivity index (χ3v) is 2.15. The molecule has 0 amide bonds. The molecule has 0 aromatic heterocycles. The summed E-state index contributed by atoms with van der Waals surface area (Å²) >= 11 is 4.30. The summed E-state index contributed by atoms with van der Waals surface area (Å²) in [6.45, 7) is 5.89. The van der Waals surface area contributed by atoms with Crippen molar-refractivity contribution in [3.63, 3.8) is 0 Å². The van der Waals surface area contributed by atoms with Crippen LogP contribution in [0.4, 0.5) is 0 Å². The Morgan fingerprint density at radius 1 is 1.60 bits per heavy atom. The molecule has 2 atom stereocenters. The molecule has 0 heterocycles. The second kappa shape index (κ2) is 5.81. The summed E-state index contributed by atoms with van der Waals surface area (Å²) in [6.07, 6.45) is 4.25. The van der Waals surface area contributed by atoms with Crippen molar-refractivity contribution < 1.29 is 0 Å². The van der Waals surface area contributed by atoms with Crippen molar-refractivity contribution in [2.45, 2.75) is 25.1 Å². The number of hydrogen-bond donors (Lipinski definition) is 2. The Labute approximate surface area is 69.3 Å². The average molecular weight is 159 g/mol. The van der Waals surface area contributed by atoms with Crippen LogP contribution in [0.15, 0.2) is 12.7 Å². The Balaban J connectivity index is 3.25. The molecule has 0 bridgehead atoms. The highest BCUT2D eigenvalue weighted by molar-refractivity contribution is 7.80. The Bertz CT molecular complexity index is 93.3. The normalized spacial score (nSPS) is 16.3. The Morgan fingerprint density at radius 3 is 2.60 bits per heavy atom. The van der Waals surface area contributed by atoms with Gasteiger partial charge in [-0.25, -0.2) is 0 Å². The number of hydrogen-bond acceptors (Lipinski definition) is 2. The fourth-order valence-corrected chi connectivity index (χ4v) is 0.832. The summed E-state index contributed by atoms with van der Waals surface area (Å²) in [4.78, 5) is 0. The zero-order valence-electron chi connectivity index (χ0n) is 6.80. The van der Waals surface area contributed by atoms with Gasteiger partial charge < -0.3 is 5.32 Å². The second-order valence-corrected chi connectivity index (χ2v) is 3.22. The van der Waals surface area contributed by atoms with E-state index in [1.165, 1.54) is 6.42 Å². The van der Waals surface area contributed by atoms with Gasteiger partial charge in [0.05, 0.1) is 0 Å².